The van der Waals surface area contributed by atoms with E-state index in [1.807, 2.05) is 36.4 Å². The molecule has 3 aromatic carbocycles. The first-order valence-electron chi connectivity index (χ1n) is 10.5. The lowest BCUT2D eigenvalue weighted by atomic mass is 10.1. The van der Waals surface area contributed by atoms with E-state index in [0.717, 1.165) is 11.6 Å². The van der Waals surface area contributed by atoms with Gasteiger partial charge in [-0.25, -0.2) is 9.40 Å². The van der Waals surface area contributed by atoms with Crippen molar-refractivity contribution in [1.82, 2.24) is 15.3 Å². The van der Waals surface area contributed by atoms with Crippen molar-refractivity contribution in [3.63, 3.8) is 0 Å². The first kappa shape index (κ1) is 23.1. The van der Waals surface area contributed by atoms with Gasteiger partial charge in [0.2, 0.25) is 5.91 Å². The van der Waals surface area contributed by atoms with Crippen LogP contribution in [0.2, 0.25) is 0 Å². The van der Waals surface area contributed by atoms with Crippen LogP contribution < -0.4 is 10.7 Å². The van der Waals surface area contributed by atoms with Gasteiger partial charge in [0.15, 0.2) is 5.11 Å². The van der Waals surface area contributed by atoms with Gasteiger partial charge in [-0.1, -0.05) is 54.6 Å². The van der Waals surface area contributed by atoms with E-state index < -0.39 is 29.6 Å². The number of carbonyl (C=O) groups excluding carboxylic acids is 3. The molecule has 172 valence electrons. The van der Waals surface area contributed by atoms with Crippen LogP contribution in [0.5, 0.6) is 0 Å². The quantitative estimate of drug-likeness (QED) is 0.510. The molecule has 2 N–H and O–H groups in total. The number of nitrogens with zero attached hydrogens (tertiary/aromatic N) is 2. The second kappa shape index (κ2) is 10.2. The van der Waals surface area contributed by atoms with Crippen LogP contribution in [0.3, 0.4) is 0 Å². The monoisotopic (exact) mass is 476 g/mol. The normalized spacial score (nSPS) is 15.4. The molecule has 1 fully saturated rings. The van der Waals surface area contributed by atoms with Gasteiger partial charge < -0.3 is 5.32 Å². The summed E-state index contributed by atoms with van der Waals surface area (Å²) < 4.78 is 13.6. The van der Waals surface area contributed by atoms with Crippen LogP contribution in [0, 0.1) is 5.82 Å². The molecule has 1 heterocycles. The standard InChI is InChI=1S/C25H21FN4O3S/c26-19-11-7-10-18(14-19)23(32)28-30-21(15-22(31)27-20-12-5-2-6-13-20)24(33)29(25(30)34)16-17-8-3-1-4-9-17/h1-14,21H,15-16H2,(H,27,31)(H,28,32). The maximum absolute atomic E-state index is 13.6. The summed E-state index contributed by atoms with van der Waals surface area (Å²) in [4.78, 5) is 40.1. The molecule has 3 amide bonds. The Labute approximate surface area is 201 Å². The molecule has 0 spiro atoms. The maximum atomic E-state index is 13.6. The van der Waals surface area contributed by atoms with E-state index in [-0.39, 0.29) is 23.6 Å². The number of rotatable bonds is 7. The second-order valence-corrected chi connectivity index (χ2v) is 8.01. The lowest BCUT2D eigenvalue weighted by Gasteiger charge is -2.24. The van der Waals surface area contributed by atoms with Gasteiger partial charge in [-0.3, -0.25) is 24.7 Å². The van der Waals surface area contributed by atoms with E-state index in [4.69, 9.17) is 12.2 Å². The third-order valence-electron chi connectivity index (χ3n) is 5.23. The van der Waals surface area contributed by atoms with Crippen molar-refractivity contribution < 1.29 is 18.8 Å². The predicted octanol–water partition coefficient (Wildman–Crippen LogP) is 3.50. The van der Waals surface area contributed by atoms with Crippen molar-refractivity contribution in [2.45, 2.75) is 19.0 Å². The summed E-state index contributed by atoms with van der Waals surface area (Å²) in [5.41, 5.74) is 4.06. The molecule has 34 heavy (non-hydrogen) atoms. The van der Waals surface area contributed by atoms with E-state index in [1.165, 1.54) is 28.1 Å². The highest BCUT2D eigenvalue weighted by atomic mass is 32.1. The zero-order valence-corrected chi connectivity index (χ0v) is 18.8. The Morgan fingerprint density at radius 2 is 1.62 bits per heavy atom. The van der Waals surface area contributed by atoms with Gasteiger partial charge in [-0.05, 0) is 48.1 Å². The molecule has 0 saturated carbocycles. The van der Waals surface area contributed by atoms with Crippen molar-refractivity contribution in [2.24, 2.45) is 0 Å². The molecular formula is C25H21FN4O3S. The molecular weight excluding hydrogens is 455 g/mol. The number of nitrogens with one attached hydrogen (secondary N) is 2. The minimum Gasteiger partial charge on any atom is -0.326 e. The third kappa shape index (κ3) is 5.26. The number of benzene rings is 3. The minimum absolute atomic E-state index is 0.0520. The Balaban J connectivity index is 1.56. The summed E-state index contributed by atoms with van der Waals surface area (Å²) in [6.07, 6.45) is -0.247. The molecule has 0 aromatic heterocycles. The summed E-state index contributed by atoms with van der Waals surface area (Å²) in [6, 6.07) is 22.2. The zero-order chi connectivity index (χ0) is 24.1. The number of para-hydroxylation sites is 1. The molecule has 1 saturated heterocycles. The number of thiocarbonyl (C=S) groups is 1. The Morgan fingerprint density at radius 3 is 2.29 bits per heavy atom. The topological polar surface area (TPSA) is 81.8 Å². The van der Waals surface area contributed by atoms with E-state index in [2.05, 4.69) is 10.7 Å². The van der Waals surface area contributed by atoms with Crippen LogP contribution >= 0.6 is 12.2 Å². The second-order valence-electron chi connectivity index (χ2n) is 7.65. The lowest BCUT2D eigenvalue weighted by Crippen LogP contribution is -2.49. The van der Waals surface area contributed by atoms with Gasteiger partial charge in [0.05, 0.1) is 13.0 Å². The summed E-state index contributed by atoms with van der Waals surface area (Å²) >= 11 is 5.50. The summed E-state index contributed by atoms with van der Waals surface area (Å²) in [5.74, 6) is -2.06. The molecule has 7 nitrogen and oxygen atoms in total. The number of halogens is 1. The van der Waals surface area contributed by atoms with Crippen molar-refractivity contribution in [3.8, 4) is 0 Å². The first-order chi connectivity index (χ1) is 16.4. The van der Waals surface area contributed by atoms with Crippen LogP contribution in [-0.4, -0.2) is 38.8 Å². The van der Waals surface area contributed by atoms with E-state index in [9.17, 15) is 18.8 Å². The number of carbonyl (C=O) groups is 3. The molecule has 0 radical (unpaired) electrons. The van der Waals surface area contributed by atoms with Gasteiger partial charge >= 0.3 is 0 Å². The van der Waals surface area contributed by atoms with Gasteiger partial charge in [0.25, 0.3) is 11.8 Å². The van der Waals surface area contributed by atoms with Crippen LogP contribution in [-0.2, 0) is 16.1 Å². The molecule has 0 bridgehead atoms. The smallest absolute Gasteiger partial charge is 0.269 e. The molecule has 1 unspecified atom stereocenters. The Hall–Kier alpha value is -4.11. The Morgan fingerprint density at radius 1 is 0.941 bits per heavy atom. The van der Waals surface area contributed by atoms with Crippen molar-refractivity contribution in [3.05, 3.63) is 102 Å². The van der Waals surface area contributed by atoms with E-state index in [0.29, 0.717) is 5.69 Å². The number of amides is 3. The fourth-order valence-corrected chi connectivity index (χ4v) is 3.90. The molecule has 9 heteroatoms. The average Bonchev–Trinajstić information content (AvgIpc) is 3.04. The number of hydrazine groups is 1. The van der Waals surface area contributed by atoms with Crippen LogP contribution in [0.15, 0.2) is 84.9 Å². The summed E-state index contributed by atoms with van der Waals surface area (Å²) in [5, 5.41) is 4.00. The molecule has 0 aliphatic carbocycles. The molecule has 4 rings (SSSR count). The van der Waals surface area contributed by atoms with Crippen molar-refractivity contribution in [1.29, 1.82) is 0 Å². The molecule has 1 aliphatic heterocycles. The maximum Gasteiger partial charge on any atom is 0.269 e. The highest BCUT2D eigenvalue weighted by Gasteiger charge is 2.44. The van der Waals surface area contributed by atoms with Gasteiger partial charge in [0, 0.05) is 11.3 Å². The minimum atomic E-state index is -1.06. The number of anilines is 1. The van der Waals surface area contributed by atoms with E-state index in [1.54, 1.807) is 24.3 Å². The van der Waals surface area contributed by atoms with Gasteiger partial charge in [-0.2, -0.15) is 0 Å². The van der Waals surface area contributed by atoms with Gasteiger partial charge in [0.1, 0.15) is 11.9 Å². The van der Waals surface area contributed by atoms with Crippen LogP contribution in [0.1, 0.15) is 22.3 Å². The van der Waals surface area contributed by atoms with Crippen LogP contribution in [0.4, 0.5) is 10.1 Å². The fourth-order valence-electron chi connectivity index (χ4n) is 3.58. The first-order valence-corrected chi connectivity index (χ1v) is 10.9. The SMILES string of the molecule is O=C(CC1C(=O)N(Cc2ccccc2)C(=S)N1NC(=O)c1cccc(F)c1)Nc1ccccc1. The highest BCUT2D eigenvalue weighted by molar-refractivity contribution is 7.80. The zero-order valence-electron chi connectivity index (χ0n) is 18.0. The predicted molar refractivity (Wildman–Crippen MR) is 129 cm³/mol. The van der Waals surface area contributed by atoms with Crippen LogP contribution in [0.25, 0.3) is 0 Å². The third-order valence-corrected chi connectivity index (χ3v) is 5.65. The van der Waals surface area contributed by atoms with Gasteiger partial charge in [-0.15, -0.1) is 0 Å². The largest absolute Gasteiger partial charge is 0.326 e. The average molecular weight is 477 g/mol. The number of hydrogen-bond acceptors (Lipinski definition) is 4. The highest BCUT2D eigenvalue weighted by Crippen LogP contribution is 2.22. The van der Waals surface area contributed by atoms with E-state index >= 15 is 0 Å². The Bertz CT molecular complexity index is 1220. The lowest BCUT2D eigenvalue weighted by molar-refractivity contribution is -0.131. The molecule has 3 aromatic rings. The molecule has 1 atom stereocenters. The fraction of sp³-hybridized carbons (Fsp3) is 0.120. The molecule has 1 aliphatic rings. The summed E-state index contributed by atoms with van der Waals surface area (Å²) in [6.45, 7) is 0.182. The number of hydrogen-bond donors (Lipinski definition) is 2. The summed E-state index contributed by atoms with van der Waals surface area (Å²) in [7, 11) is 0. The van der Waals surface area contributed by atoms with Crippen molar-refractivity contribution >= 4 is 40.7 Å². The Kier molecular flexibility index (Phi) is 6.93. The van der Waals surface area contributed by atoms with Crippen molar-refractivity contribution in [2.75, 3.05) is 5.32 Å².